The second kappa shape index (κ2) is 11.2. The summed E-state index contributed by atoms with van der Waals surface area (Å²) < 4.78 is 6.98. The summed E-state index contributed by atoms with van der Waals surface area (Å²) >= 11 is 5.55. The van der Waals surface area contributed by atoms with E-state index in [2.05, 4.69) is 38.6 Å². The van der Waals surface area contributed by atoms with E-state index in [0.29, 0.717) is 28.6 Å². The molecule has 2 aromatic heterocycles. The maximum Gasteiger partial charge on any atom is 0.329 e. The van der Waals surface area contributed by atoms with Gasteiger partial charge < -0.3 is 15.4 Å². The summed E-state index contributed by atoms with van der Waals surface area (Å²) in [6.07, 6.45) is 4.97. The number of ether oxygens (including phenoxy) is 1. The van der Waals surface area contributed by atoms with Gasteiger partial charge >= 0.3 is 5.97 Å². The van der Waals surface area contributed by atoms with Crippen molar-refractivity contribution in [2.24, 2.45) is 5.92 Å². The number of thiazole rings is 1. The number of hydrogen-bond donors (Lipinski definition) is 3. The van der Waals surface area contributed by atoms with Crippen molar-refractivity contribution in [3.63, 3.8) is 0 Å². The number of nitrogens with zero attached hydrogens (tertiary/aromatic N) is 4. The van der Waals surface area contributed by atoms with Gasteiger partial charge in [0.1, 0.15) is 35.1 Å². The molecule has 0 saturated heterocycles. The quantitative estimate of drug-likeness (QED) is 0.344. The number of cyclic esters (lactones) is 1. The molecule has 2 N–H and O–H groups in total. The summed E-state index contributed by atoms with van der Waals surface area (Å²) in [4.78, 5) is 42.4. The highest BCUT2D eigenvalue weighted by atomic mass is 32.1. The van der Waals surface area contributed by atoms with Crippen molar-refractivity contribution < 1.29 is 19.1 Å². The smallest absolute Gasteiger partial charge is 0.329 e. The molecule has 0 aliphatic carbocycles. The van der Waals surface area contributed by atoms with Gasteiger partial charge in [0.05, 0.1) is 19.2 Å². The molecule has 1 aliphatic rings. The molecule has 0 unspecified atom stereocenters. The SMILES string of the molecule is CC(C)[C@@H]1NC(=O)Cn2cc(nn2)-c2csc(n2)CNC(=O)C[C@@H](/C=C/CCS)OC1=O. The summed E-state index contributed by atoms with van der Waals surface area (Å²) in [6.45, 7) is 3.75. The Balaban J connectivity index is 1.86. The largest absolute Gasteiger partial charge is 0.456 e. The first-order chi connectivity index (χ1) is 15.4. The van der Waals surface area contributed by atoms with Crippen molar-refractivity contribution in [1.82, 2.24) is 30.6 Å². The number of carbonyl (C=O) groups is 3. The predicted molar refractivity (Wildman–Crippen MR) is 122 cm³/mol. The molecular weight excluding hydrogens is 452 g/mol. The molecule has 10 nitrogen and oxygen atoms in total. The van der Waals surface area contributed by atoms with Crippen LogP contribution in [-0.4, -0.2) is 55.7 Å². The van der Waals surface area contributed by atoms with Gasteiger partial charge in [-0.1, -0.05) is 25.1 Å². The van der Waals surface area contributed by atoms with Crippen LogP contribution in [0.15, 0.2) is 23.7 Å². The number of carbonyl (C=O) groups excluding carboxylic acids is 3. The third-order valence-electron chi connectivity index (χ3n) is 4.63. The van der Waals surface area contributed by atoms with Crippen LogP contribution in [0.3, 0.4) is 0 Å². The molecular formula is C20H26N6O4S2. The summed E-state index contributed by atoms with van der Waals surface area (Å²) in [7, 11) is 0. The summed E-state index contributed by atoms with van der Waals surface area (Å²) in [5, 5.41) is 16.1. The monoisotopic (exact) mass is 478 g/mol. The van der Waals surface area contributed by atoms with E-state index in [9.17, 15) is 14.4 Å². The molecule has 0 spiro atoms. The lowest BCUT2D eigenvalue weighted by molar-refractivity contribution is -0.153. The van der Waals surface area contributed by atoms with E-state index in [4.69, 9.17) is 4.74 Å². The topological polar surface area (TPSA) is 128 Å². The molecule has 4 bridgehead atoms. The number of rotatable bonds is 4. The molecule has 0 radical (unpaired) electrons. The lowest BCUT2D eigenvalue weighted by Gasteiger charge is -2.23. The number of hydrogen-bond acceptors (Lipinski definition) is 9. The van der Waals surface area contributed by atoms with E-state index in [1.165, 1.54) is 16.0 Å². The zero-order valence-electron chi connectivity index (χ0n) is 17.9. The molecule has 3 heterocycles. The fourth-order valence-corrected chi connectivity index (χ4v) is 3.87. The Labute approximate surface area is 195 Å². The standard InChI is InChI=1S/C20H26N6O4S2/c1-12(2)19-20(29)30-13(5-3-4-6-31)7-16(27)21-8-18-22-15(11-32-18)14-9-26(25-24-14)10-17(28)23-19/h3,5,9,11-13,19,31H,4,6-8,10H2,1-2H3,(H,21,27)(H,23,28)/b5-3+/t13-,19+/m1/s1. The van der Waals surface area contributed by atoms with E-state index < -0.39 is 24.0 Å². The zero-order valence-corrected chi connectivity index (χ0v) is 19.6. The average molecular weight is 479 g/mol. The summed E-state index contributed by atoms with van der Waals surface area (Å²) in [5.74, 6) is -0.876. The molecule has 3 rings (SSSR count). The predicted octanol–water partition coefficient (Wildman–Crippen LogP) is 1.35. The highest BCUT2D eigenvalue weighted by Crippen LogP contribution is 2.20. The number of allylic oxidation sites excluding steroid dienone is 1. The Kier molecular flexibility index (Phi) is 8.39. The Morgan fingerprint density at radius 2 is 2.12 bits per heavy atom. The Bertz CT molecular complexity index is 986. The third-order valence-corrected chi connectivity index (χ3v) is 5.74. The normalized spacial score (nSPS) is 20.7. The first-order valence-corrected chi connectivity index (χ1v) is 11.8. The van der Waals surface area contributed by atoms with E-state index in [-0.39, 0.29) is 31.3 Å². The Morgan fingerprint density at radius 1 is 1.31 bits per heavy atom. The fourth-order valence-electron chi connectivity index (χ4n) is 2.99. The van der Waals surface area contributed by atoms with Crippen LogP contribution in [0.4, 0.5) is 0 Å². The van der Waals surface area contributed by atoms with Crippen molar-refractivity contribution in [3.8, 4) is 11.4 Å². The van der Waals surface area contributed by atoms with Crippen LogP contribution in [0.2, 0.25) is 0 Å². The number of esters is 1. The summed E-state index contributed by atoms with van der Waals surface area (Å²) in [5.41, 5.74) is 1.13. The van der Waals surface area contributed by atoms with Crippen LogP contribution in [0, 0.1) is 5.92 Å². The fraction of sp³-hybridized carbons (Fsp3) is 0.500. The molecule has 2 atom stereocenters. The maximum atomic E-state index is 12.8. The Morgan fingerprint density at radius 3 is 2.88 bits per heavy atom. The molecule has 12 heteroatoms. The highest BCUT2D eigenvalue weighted by Gasteiger charge is 2.28. The van der Waals surface area contributed by atoms with Crippen molar-refractivity contribution >= 4 is 41.7 Å². The van der Waals surface area contributed by atoms with Crippen LogP contribution >= 0.6 is 24.0 Å². The third kappa shape index (κ3) is 6.63. The van der Waals surface area contributed by atoms with Gasteiger partial charge in [-0.05, 0) is 24.2 Å². The van der Waals surface area contributed by atoms with Gasteiger partial charge in [0.15, 0.2) is 0 Å². The number of nitrogens with one attached hydrogen (secondary N) is 2. The maximum absolute atomic E-state index is 12.8. The number of amides is 2. The minimum absolute atomic E-state index is 0.0427. The van der Waals surface area contributed by atoms with Crippen LogP contribution in [0.5, 0.6) is 0 Å². The number of fused-ring (bicyclic) bond motifs is 5. The van der Waals surface area contributed by atoms with Crippen molar-refractivity contribution in [2.75, 3.05) is 5.75 Å². The lowest BCUT2D eigenvalue weighted by Crippen LogP contribution is -2.47. The van der Waals surface area contributed by atoms with Crippen LogP contribution < -0.4 is 10.6 Å². The van der Waals surface area contributed by atoms with E-state index in [1.807, 2.05) is 11.5 Å². The van der Waals surface area contributed by atoms with Crippen molar-refractivity contribution in [3.05, 3.63) is 28.7 Å². The van der Waals surface area contributed by atoms with Gasteiger partial charge in [-0.15, -0.1) is 16.4 Å². The second-order valence-electron chi connectivity index (χ2n) is 7.61. The molecule has 1 aliphatic heterocycles. The molecule has 32 heavy (non-hydrogen) atoms. The van der Waals surface area contributed by atoms with Crippen molar-refractivity contribution in [2.45, 2.75) is 51.9 Å². The van der Waals surface area contributed by atoms with Gasteiger partial charge in [0.25, 0.3) is 0 Å². The number of thiol groups is 1. The minimum atomic E-state index is -0.870. The van der Waals surface area contributed by atoms with Gasteiger partial charge in [-0.2, -0.15) is 12.6 Å². The van der Waals surface area contributed by atoms with E-state index >= 15 is 0 Å². The molecule has 0 aromatic carbocycles. The minimum Gasteiger partial charge on any atom is -0.456 e. The zero-order chi connectivity index (χ0) is 23.1. The van der Waals surface area contributed by atoms with Crippen LogP contribution in [0.25, 0.3) is 11.4 Å². The number of aromatic nitrogens is 4. The van der Waals surface area contributed by atoms with Gasteiger partial charge in [-0.3, -0.25) is 9.59 Å². The summed E-state index contributed by atoms with van der Waals surface area (Å²) in [6, 6.07) is -0.870. The molecule has 2 aromatic rings. The van der Waals surface area contributed by atoms with Crippen LogP contribution in [-0.2, 0) is 32.2 Å². The average Bonchev–Trinajstić information content (AvgIpc) is 3.39. The van der Waals surface area contributed by atoms with Gasteiger partial charge in [-0.25, -0.2) is 14.5 Å². The second-order valence-corrected chi connectivity index (χ2v) is 9.00. The lowest BCUT2D eigenvalue weighted by atomic mass is 10.0. The van der Waals surface area contributed by atoms with Crippen molar-refractivity contribution in [1.29, 1.82) is 0 Å². The molecule has 0 fully saturated rings. The van der Waals surface area contributed by atoms with E-state index in [0.717, 1.165) is 0 Å². The molecule has 0 saturated carbocycles. The van der Waals surface area contributed by atoms with Gasteiger partial charge in [0, 0.05) is 5.38 Å². The first kappa shape index (κ1) is 23.9. The van der Waals surface area contributed by atoms with E-state index in [1.54, 1.807) is 26.1 Å². The van der Waals surface area contributed by atoms with Crippen LogP contribution in [0.1, 0.15) is 31.7 Å². The van der Waals surface area contributed by atoms with Gasteiger partial charge in [0.2, 0.25) is 11.8 Å². The molecule has 2 amide bonds. The first-order valence-electron chi connectivity index (χ1n) is 10.2. The molecule has 172 valence electrons. The Hall–Kier alpha value is -2.73. The highest BCUT2D eigenvalue weighted by molar-refractivity contribution is 7.80.